The van der Waals surface area contributed by atoms with Gasteiger partial charge in [-0.05, 0) is 24.3 Å². The Morgan fingerprint density at radius 1 is 1.33 bits per heavy atom. The lowest BCUT2D eigenvalue weighted by Gasteiger charge is -2.24. The van der Waals surface area contributed by atoms with E-state index in [9.17, 15) is 4.79 Å². The maximum atomic E-state index is 11.9. The molecular formula is C15H21NO2. The third kappa shape index (κ3) is 2.91. The van der Waals surface area contributed by atoms with Crippen LogP contribution in [0.3, 0.4) is 0 Å². The number of esters is 1. The number of ether oxygens (including phenoxy) is 1. The standard InChI is InChI=1S/C15H21NO2/c1-11-7-6-10-13(11)16-14(15(17)18-2)12-8-4-3-5-9-12/h3-5,8-9,11,13-14,16H,6-7,10H2,1-2H3. The lowest BCUT2D eigenvalue weighted by atomic mass is 10.0. The third-order valence-corrected chi connectivity index (χ3v) is 3.81. The highest BCUT2D eigenvalue weighted by Crippen LogP contribution is 2.27. The molecule has 3 atom stereocenters. The van der Waals surface area contributed by atoms with Crippen LogP contribution in [0.5, 0.6) is 0 Å². The highest BCUT2D eigenvalue weighted by molar-refractivity contribution is 5.77. The van der Waals surface area contributed by atoms with E-state index in [2.05, 4.69) is 12.2 Å². The average molecular weight is 247 g/mol. The monoisotopic (exact) mass is 247 g/mol. The summed E-state index contributed by atoms with van der Waals surface area (Å²) in [5, 5.41) is 3.46. The molecule has 18 heavy (non-hydrogen) atoms. The van der Waals surface area contributed by atoms with Crippen molar-refractivity contribution in [2.24, 2.45) is 5.92 Å². The average Bonchev–Trinajstić information content (AvgIpc) is 2.81. The van der Waals surface area contributed by atoms with Crippen LogP contribution < -0.4 is 5.32 Å². The molecule has 0 radical (unpaired) electrons. The van der Waals surface area contributed by atoms with Gasteiger partial charge < -0.3 is 4.74 Å². The first-order valence-electron chi connectivity index (χ1n) is 6.61. The van der Waals surface area contributed by atoms with Gasteiger partial charge in [-0.2, -0.15) is 0 Å². The fourth-order valence-corrected chi connectivity index (χ4v) is 2.67. The summed E-state index contributed by atoms with van der Waals surface area (Å²) in [6.45, 7) is 2.24. The Hall–Kier alpha value is -1.35. The van der Waals surface area contributed by atoms with Gasteiger partial charge in [0.15, 0.2) is 0 Å². The van der Waals surface area contributed by atoms with Crippen molar-refractivity contribution in [2.45, 2.75) is 38.3 Å². The van der Waals surface area contributed by atoms with E-state index in [-0.39, 0.29) is 12.0 Å². The summed E-state index contributed by atoms with van der Waals surface area (Å²) in [6.07, 6.45) is 3.61. The summed E-state index contributed by atoms with van der Waals surface area (Å²) in [5.41, 5.74) is 0.975. The maximum absolute atomic E-state index is 11.9. The molecule has 98 valence electrons. The van der Waals surface area contributed by atoms with E-state index in [0.29, 0.717) is 12.0 Å². The molecular weight excluding hydrogens is 226 g/mol. The van der Waals surface area contributed by atoms with E-state index in [1.165, 1.54) is 20.0 Å². The minimum Gasteiger partial charge on any atom is -0.468 e. The number of hydrogen-bond acceptors (Lipinski definition) is 3. The largest absolute Gasteiger partial charge is 0.468 e. The zero-order chi connectivity index (χ0) is 13.0. The number of carbonyl (C=O) groups excluding carboxylic acids is 1. The Bertz CT molecular complexity index is 391. The third-order valence-electron chi connectivity index (χ3n) is 3.81. The molecule has 2 rings (SSSR count). The normalized spacial score (nSPS) is 24.8. The smallest absolute Gasteiger partial charge is 0.327 e. The summed E-state index contributed by atoms with van der Waals surface area (Å²) < 4.78 is 4.91. The topological polar surface area (TPSA) is 38.3 Å². The number of rotatable bonds is 4. The van der Waals surface area contributed by atoms with Gasteiger partial charge in [-0.1, -0.05) is 43.7 Å². The number of hydrogen-bond donors (Lipinski definition) is 1. The highest BCUT2D eigenvalue weighted by Gasteiger charge is 2.29. The van der Waals surface area contributed by atoms with Crippen LogP contribution in [0.2, 0.25) is 0 Å². The van der Waals surface area contributed by atoms with E-state index in [1.807, 2.05) is 30.3 Å². The number of methoxy groups -OCH3 is 1. The molecule has 1 aliphatic rings. The van der Waals surface area contributed by atoms with E-state index in [1.54, 1.807) is 0 Å². The van der Waals surface area contributed by atoms with Crippen molar-refractivity contribution in [1.82, 2.24) is 5.32 Å². The maximum Gasteiger partial charge on any atom is 0.327 e. The second-order valence-corrected chi connectivity index (χ2v) is 5.05. The molecule has 1 saturated carbocycles. The molecule has 1 N–H and O–H groups in total. The van der Waals surface area contributed by atoms with Crippen LogP contribution in [0.25, 0.3) is 0 Å². The van der Waals surface area contributed by atoms with Crippen LogP contribution in [-0.2, 0) is 9.53 Å². The van der Waals surface area contributed by atoms with E-state index < -0.39 is 0 Å². The van der Waals surface area contributed by atoms with Crippen molar-refractivity contribution in [3.63, 3.8) is 0 Å². The predicted octanol–water partition coefficient (Wildman–Crippen LogP) is 2.68. The number of benzene rings is 1. The van der Waals surface area contributed by atoms with Gasteiger partial charge in [0.2, 0.25) is 0 Å². The second-order valence-electron chi connectivity index (χ2n) is 5.05. The van der Waals surface area contributed by atoms with Gasteiger partial charge in [0, 0.05) is 6.04 Å². The van der Waals surface area contributed by atoms with E-state index >= 15 is 0 Å². The van der Waals surface area contributed by atoms with Crippen molar-refractivity contribution in [3.05, 3.63) is 35.9 Å². The minimum absolute atomic E-state index is 0.208. The SMILES string of the molecule is COC(=O)C(NC1CCCC1C)c1ccccc1. The summed E-state index contributed by atoms with van der Waals surface area (Å²) in [7, 11) is 1.44. The Morgan fingerprint density at radius 3 is 2.61 bits per heavy atom. The predicted molar refractivity (Wildman–Crippen MR) is 71.1 cm³/mol. The summed E-state index contributed by atoms with van der Waals surface area (Å²) >= 11 is 0. The van der Waals surface area contributed by atoms with Gasteiger partial charge in [-0.15, -0.1) is 0 Å². The van der Waals surface area contributed by atoms with Crippen molar-refractivity contribution >= 4 is 5.97 Å². The summed E-state index contributed by atoms with van der Waals surface area (Å²) in [5.74, 6) is 0.418. The summed E-state index contributed by atoms with van der Waals surface area (Å²) in [4.78, 5) is 11.9. The van der Waals surface area contributed by atoms with Crippen molar-refractivity contribution in [2.75, 3.05) is 7.11 Å². The second kappa shape index (κ2) is 6.01. The Balaban J connectivity index is 2.13. The molecule has 0 aromatic heterocycles. The fourth-order valence-electron chi connectivity index (χ4n) is 2.67. The highest BCUT2D eigenvalue weighted by atomic mass is 16.5. The molecule has 0 heterocycles. The molecule has 0 bridgehead atoms. The van der Waals surface area contributed by atoms with Gasteiger partial charge >= 0.3 is 5.97 Å². The quantitative estimate of drug-likeness (QED) is 0.831. The van der Waals surface area contributed by atoms with Gasteiger partial charge in [0.25, 0.3) is 0 Å². The molecule has 0 spiro atoms. The lowest BCUT2D eigenvalue weighted by Crippen LogP contribution is -2.39. The minimum atomic E-state index is -0.346. The van der Waals surface area contributed by atoms with Crippen LogP contribution in [0.15, 0.2) is 30.3 Å². The first-order valence-corrected chi connectivity index (χ1v) is 6.61. The van der Waals surface area contributed by atoms with Crippen molar-refractivity contribution in [1.29, 1.82) is 0 Å². The Morgan fingerprint density at radius 2 is 2.06 bits per heavy atom. The molecule has 3 unspecified atom stereocenters. The van der Waals surface area contributed by atoms with Gasteiger partial charge in [-0.3, -0.25) is 5.32 Å². The zero-order valence-corrected chi connectivity index (χ0v) is 11.1. The van der Waals surface area contributed by atoms with Gasteiger partial charge in [0.05, 0.1) is 7.11 Å². The molecule has 1 fully saturated rings. The van der Waals surface area contributed by atoms with Crippen LogP contribution in [0.4, 0.5) is 0 Å². The Labute approximate surface area is 109 Å². The first-order chi connectivity index (χ1) is 8.72. The molecule has 3 nitrogen and oxygen atoms in total. The van der Waals surface area contributed by atoms with Crippen molar-refractivity contribution in [3.8, 4) is 0 Å². The molecule has 0 saturated heterocycles. The van der Waals surface area contributed by atoms with Crippen LogP contribution >= 0.6 is 0 Å². The van der Waals surface area contributed by atoms with Crippen LogP contribution in [0, 0.1) is 5.92 Å². The summed E-state index contributed by atoms with van der Waals surface area (Å²) in [6, 6.07) is 9.85. The fraction of sp³-hybridized carbons (Fsp3) is 0.533. The van der Waals surface area contributed by atoms with Crippen molar-refractivity contribution < 1.29 is 9.53 Å². The van der Waals surface area contributed by atoms with Gasteiger partial charge in [0.1, 0.15) is 6.04 Å². The molecule has 1 aliphatic carbocycles. The molecule has 1 aromatic rings. The molecule has 0 amide bonds. The molecule has 0 aliphatic heterocycles. The van der Waals surface area contributed by atoms with E-state index in [4.69, 9.17) is 4.74 Å². The van der Waals surface area contributed by atoms with Gasteiger partial charge in [-0.25, -0.2) is 4.79 Å². The number of carbonyl (C=O) groups is 1. The number of nitrogens with one attached hydrogen (secondary N) is 1. The Kier molecular flexibility index (Phi) is 4.37. The van der Waals surface area contributed by atoms with Crippen LogP contribution in [0.1, 0.15) is 37.8 Å². The zero-order valence-electron chi connectivity index (χ0n) is 11.1. The lowest BCUT2D eigenvalue weighted by molar-refractivity contribution is -0.143. The molecule has 3 heteroatoms. The molecule has 1 aromatic carbocycles. The first kappa shape index (κ1) is 13.1. The van der Waals surface area contributed by atoms with E-state index in [0.717, 1.165) is 12.0 Å². The van der Waals surface area contributed by atoms with Crippen LogP contribution in [-0.4, -0.2) is 19.1 Å².